The average molecular weight is 397 g/mol. The second kappa shape index (κ2) is 7.77. The van der Waals surface area contributed by atoms with E-state index in [1.54, 1.807) is 18.6 Å². The number of nitrogens with one attached hydrogen (secondary N) is 2. The Morgan fingerprint density at radius 2 is 2.15 bits per heavy atom. The SMILES string of the molecule is O=C(CSCc1cc(=O)n2ccsc2n1)Nc1ccc(-c2ncc[nH]2)cc1. The van der Waals surface area contributed by atoms with Crippen LogP contribution in [0.5, 0.6) is 0 Å². The van der Waals surface area contributed by atoms with Gasteiger partial charge in [-0.15, -0.1) is 23.1 Å². The fourth-order valence-electron chi connectivity index (χ4n) is 2.54. The van der Waals surface area contributed by atoms with Crippen molar-refractivity contribution in [1.29, 1.82) is 0 Å². The Labute approximate surface area is 162 Å². The molecule has 0 unspecified atom stereocenters. The summed E-state index contributed by atoms with van der Waals surface area (Å²) < 4.78 is 1.51. The molecule has 0 radical (unpaired) electrons. The summed E-state index contributed by atoms with van der Waals surface area (Å²) in [4.78, 5) is 36.4. The standard InChI is InChI=1S/C18H15N5O2S2/c24-15(21-13-3-1-12(2-4-13)17-19-5-6-20-17)11-26-10-14-9-16(25)23-7-8-27-18(23)22-14/h1-9H,10-11H2,(H,19,20)(H,21,24). The van der Waals surface area contributed by atoms with E-state index in [0.29, 0.717) is 16.4 Å². The van der Waals surface area contributed by atoms with E-state index in [1.807, 2.05) is 29.6 Å². The topological polar surface area (TPSA) is 92.2 Å². The molecule has 0 aliphatic rings. The molecule has 0 saturated heterocycles. The van der Waals surface area contributed by atoms with Crippen LogP contribution >= 0.6 is 23.1 Å². The van der Waals surface area contributed by atoms with Gasteiger partial charge in [0.2, 0.25) is 5.91 Å². The molecule has 9 heteroatoms. The molecule has 27 heavy (non-hydrogen) atoms. The van der Waals surface area contributed by atoms with E-state index in [2.05, 4.69) is 20.3 Å². The fourth-order valence-corrected chi connectivity index (χ4v) is 4.00. The Hall–Kier alpha value is -2.91. The highest BCUT2D eigenvalue weighted by Gasteiger charge is 2.07. The minimum Gasteiger partial charge on any atom is -0.345 e. The van der Waals surface area contributed by atoms with Crippen molar-refractivity contribution < 1.29 is 4.79 Å². The van der Waals surface area contributed by atoms with E-state index >= 15 is 0 Å². The third-order valence-corrected chi connectivity index (χ3v) is 5.50. The van der Waals surface area contributed by atoms with Gasteiger partial charge in [0.15, 0.2) is 4.96 Å². The number of hydrogen-bond acceptors (Lipinski definition) is 6. The molecule has 3 aromatic heterocycles. The Balaban J connectivity index is 1.31. The molecule has 4 aromatic rings. The molecule has 7 nitrogen and oxygen atoms in total. The van der Waals surface area contributed by atoms with Crippen LogP contribution in [0.15, 0.2) is 59.1 Å². The van der Waals surface area contributed by atoms with Crippen LogP contribution in [0.4, 0.5) is 5.69 Å². The van der Waals surface area contributed by atoms with Crippen molar-refractivity contribution in [3.05, 3.63) is 70.4 Å². The number of fused-ring (bicyclic) bond motifs is 1. The molecular formula is C18H15N5O2S2. The zero-order valence-electron chi connectivity index (χ0n) is 14.1. The van der Waals surface area contributed by atoms with E-state index in [9.17, 15) is 9.59 Å². The summed E-state index contributed by atoms with van der Waals surface area (Å²) in [7, 11) is 0. The summed E-state index contributed by atoms with van der Waals surface area (Å²) in [6.45, 7) is 0. The van der Waals surface area contributed by atoms with E-state index in [4.69, 9.17) is 0 Å². The number of imidazole rings is 1. The average Bonchev–Trinajstić information content (AvgIpc) is 3.34. The first-order chi connectivity index (χ1) is 13.2. The second-order valence-electron chi connectivity index (χ2n) is 5.70. The maximum atomic E-state index is 12.1. The van der Waals surface area contributed by atoms with Gasteiger partial charge in [0.25, 0.3) is 5.56 Å². The molecule has 0 saturated carbocycles. The van der Waals surface area contributed by atoms with Crippen molar-refractivity contribution in [2.24, 2.45) is 0 Å². The van der Waals surface area contributed by atoms with Gasteiger partial charge in [0.1, 0.15) is 5.82 Å². The summed E-state index contributed by atoms with van der Waals surface area (Å²) in [6, 6.07) is 8.99. The number of H-pyrrole nitrogens is 1. The number of carbonyl (C=O) groups is 1. The van der Waals surface area contributed by atoms with Gasteiger partial charge in [-0.25, -0.2) is 9.97 Å². The summed E-state index contributed by atoms with van der Waals surface area (Å²) in [6.07, 6.45) is 5.17. The second-order valence-corrected chi connectivity index (χ2v) is 7.56. The molecule has 0 aliphatic carbocycles. The maximum absolute atomic E-state index is 12.1. The first-order valence-corrected chi connectivity index (χ1v) is 10.2. The number of nitrogens with zero attached hydrogens (tertiary/aromatic N) is 3. The fraction of sp³-hybridized carbons (Fsp3) is 0.111. The minimum absolute atomic E-state index is 0.0975. The molecule has 3 heterocycles. The highest BCUT2D eigenvalue weighted by atomic mass is 32.2. The number of thiazole rings is 1. The summed E-state index contributed by atoms with van der Waals surface area (Å²) in [5.74, 6) is 1.48. The van der Waals surface area contributed by atoms with Gasteiger partial charge in [0, 0.05) is 47.0 Å². The molecule has 136 valence electrons. The van der Waals surface area contributed by atoms with Crippen molar-refractivity contribution in [3.8, 4) is 11.4 Å². The molecular weight excluding hydrogens is 382 g/mol. The summed E-state index contributed by atoms with van der Waals surface area (Å²) in [5, 5.41) is 4.69. The minimum atomic E-state index is -0.0991. The van der Waals surface area contributed by atoms with Crippen LogP contribution in [-0.2, 0) is 10.5 Å². The summed E-state index contributed by atoms with van der Waals surface area (Å²) >= 11 is 2.84. The normalized spacial score (nSPS) is 11.0. The molecule has 0 atom stereocenters. The largest absolute Gasteiger partial charge is 0.345 e. The van der Waals surface area contributed by atoms with Gasteiger partial charge in [0.05, 0.1) is 11.4 Å². The Bertz CT molecular complexity index is 1120. The molecule has 2 N–H and O–H groups in total. The highest BCUT2D eigenvalue weighted by molar-refractivity contribution is 7.99. The lowest BCUT2D eigenvalue weighted by Gasteiger charge is -2.06. The predicted molar refractivity (Wildman–Crippen MR) is 108 cm³/mol. The zero-order valence-corrected chi connectivity index (χ0v) is 15.7. The van der Waals surface area contributed by atoms with Gasteiger partial charge in [-0.05, 0) is 24.3 Å². The number of aromatic amines is 1. The van der Waals surface area contributed by atoms with Gasteiger partial charge in [-0.1, -0.05) is 0 Å². The van der Waals surface area contributed by atoms with Crippen LogP contribution in [0, 0.1) is 0 Å². The monoisotopic (exact) mass is 397 g/mol. The number of aromatic nitrogens is 4. The molecule has 0 fully saturated rings. The maximum Gasteiger partial charge on any atom is 0.258 e. The highest BCUT2D eigenvalue weighted by Crippen LogP contribution is 2.18. The predicted octanol–water partition coefficient (Wildman–Crippen LogP) is 3.02. The number of benzene rings is 1. The van der Waals surface area contributed by atoms with Crippen LogP contribution in [0.25, 0.3) is 16.3 Å². The lowest BCUT2D eigenvalue weighted by molar-refractivity contribution is -0.113. The van der Waals surface area contributed by atoms with Crippen LogP contribution < -0.4 is 10.9 Å². The first kappa shape index (κ1) is 17.5. The number of carbonyl (C=O) groups excluding carboxylic acids is 1. The van der Waals surface area contributed by atoms with Crippen molar-refractivity contribution in [2.75, 3.05) is 11.1 Å². The molecule has 4 rings (SSSR count). The van der Waals surface area contributed by atoms with Crippen molar-refractivity contribution in [3.63, 3.8) is 0 Å². The third-order valence-electron chi connectivity index (χ3n) is 3.78. The number of rotatable bonds is 6. The van der Waals surface area contributed by atoms with E-state index in [1.165, 1.54) is 33.6 Å². The number of hydrogen-bond donors (Lipinski definition) is 2. The van der Waals surface area contributed by atoms with Crippen LogP contribution in [0.2, 0.25) is 0 Å². The van der Waals surface area contributed by atoms with Gasteiger partial charge in [-0.3, -0.25) is 14.0 Å². The number of amides is 1. The van der Waals surface area contributed by atoms with Crippen molar-refractivity contribution in [2.45, 2.75) is 5.75 Å². The number of thioether (sulfide) groups is 1. The summed E-state index contributed by atoms with van der Waals surface area (Å²) in [5.41, 5.74) is 2.27. The van der Waals surface area contributed by atoms with E-state index in [0.717, 1.165) is 17.1 Å². The Morgan fingerprint density at radius 1 is 1.30 bits per heavy atom. The molecule has 0 bridgehead atoms. The zero-order chi connectivity index (χ0) is 18.6. The third kappa shape index (κ3) is 4.09. The number of anilines is 1. The Kier molecular flexibility index (Phi) is 5.03. The molecule has 1 amide bonds. The first-order valence-electron chi connectivity index (χ1n) is 8.12. The molecule has 0 aliphatic heterocycles. The Morgan fingerprint density at radius 3 is 2.93 bits per heavy atom. The van der Waals surface area contributed by atoms with Gasteiger partial charge < -0.3 is 10.3 Å². The van der Waals surface area contributed by atoms with Crippen molar-refractivity contribution >= 4 is 39.7 Å². The lowest BCUT2D eigenvalue weighted by Crippen LogP contribution is -2.15. The van der Waals surface area contributed by atoms with E-state index < -0.39 is 0 Å². The smallest absolute Gasteiger partial charge is 0.258 e. The van der Waals surface area contributed by atoms with Crippen LogP contribution in [-0.4, -0.2) is 31.0 Å². The van der Waals surface area contributed by atoms with Crippen molar-refractivity contribution in [1.82, 2.24) is 19.4 Å². The van der Waals surface area contributed by atoms with Gasteiger partial charge >= 0.3 is 0 Å². The molecule has 1 aromatic carbocycles. The molecule has 0 spiro atoms. The van der Waals surface area contributed by atoms with Gasteiger partial charge in [-0.2, -0.15) is 0 Å². The quantitative estimate of drug-likeness (QED) is 0.522. The lowest BCUT2D eigenvalue weighted by atomic mass is 10.2. The van der Waals surface area contributed by atoms with Crippen LogP contribution in [0.3, 0.4) is 0 Å². The van der Waals surface area contributed by atoms with Crippen LogP contribution in [0.1, 0.15) is 5.69 Å². The van der Waals surface area contributed by atoms with E-state index in [-0.39, 0.29) is 17.2 Å².